The van der Waals surface area contributed by atoms with Crippen LogP contribution in [0.15, 0.2) is 78.9 Å². The Kier molecular flexibility index (Phi) is 6.75. The lowest BCUT2D eigenvalue weighted by Crippen LogP contribution is -2.29. The lowest BCUT2D eigenvalue weighted by Gasteiger charge is -2.28. The van der Waals surface area contributed by atoms with Crippen LogP contribution < -0.4 is 14.9 Å². The first-order chi connectivity index (χ1) is 15.5. The largest absolute Gasteiger partial charge is 0.372 e. The molecule has 0 unspecified atom stereocenters. The number of sulfonamides is 1. The molecule has 1 aliphatic heterocycles. The number of nitrogens with one attached hydrogen (secondary N) is 2. The van der Waals surface area contributed by atoms with E-state index in [1.54, 1.807) is 48.5 Å². The number of piperidine rings is 1. The Hall–Kier alpha value is -3.32. The van der Waals surface area contributed by atoms with Gasteiger partial charge in [-0.2, -0.15) is 0 Å². The van der Waals surface area contributed by atoms with E-state index in [0.29, 0.717) is 22.5 Å². The van der Waals surface area contributed by atoms with Crippen LogP contribution in [0.1, 0.15) is 35.2 Å². The van der Waals surface area contributed by atoms with Crippen molar-refractivity contribution in [1.29, 1.82) is 0 Å². The SMILES string of the molecule is O=C(Nc1ccc(N2CCCCC2)cc1)c1cccc(NS(=O)(=O)Cc2ccccc2)c1. The average Bonchev–Trinajstić information content (AvgIpc) is 2.80. The molecule has 0 atom stereocenters. The molecule has 1 aliphatic rings. The van der Waals surface area contributed by atoms with Crippen molar-refractivity contribution in [2.45, 2.75) is 25.0 Å². The zero-order valence-electron chi connectivity index (χ0n) is 17.8. The fourth-order valence-corrected chi connectivity index (χ4v) is 5.03. The van der Waals surface area contributed by atoms with Crippen LogP contribution in [-0.2, 0) is 15.8 Å². The first-order valence-electron chi connectivity index (χ1n) is 10.8. The molecule has 0 saturated carbocycles. The molecule has 1 saturated heterocycles. The van der Waals surface area contributed by atoms with Crippen molar-refractivity contribution >= 4 is 33.0 Å². The van der Waals surface area contributed by atoms with Crippen LogP contribution in [-0.4, -0.2) is 27.4 Å². The first-order valence-corrected chi connectivity index (χ1v) is 12.4. The predicted molar refractivity (Wildman–Crippen MR) is 130 cm³/mol. The molecule has 1 fully saturated rings. The molecular formula is C25H27N3O3S. The Labute approximate surface area is 189 Å². The van der Waals surface area contributed by atoms with Gasteiger partial charge in [-0.1, -0.05) is 36.4 Å². The predicted octanol–water partition coefficient (Wildman–Crippen LogP) is 4.87. The maximum absolute atomic E-state index is 12.7. The highest BCUT2D eigenvalue weighted by atomic mass is 32.2. The summed E-state index contributed by atoms with van der Waals surface area (Å²) in [5.41, 5.74) is 3.30. The van der Waals surface area contributed by atoms with E-state index in [-0.39, 0.29) is 11.7 Å². The molecule has 0 spiro atoms. The number of benzene rings is 3. The van der Waals surface area contributed by atoms with E-state index in [4.69, 9.17) is 0 Å². The van der Waals surface area contributed by atoms with Gasteiger partial charge in [-0.05, 0) is 67.3 Å². The molecule has 0 bridgehead atoms. The Balaban J connectivity index is 1.39. The third kappa shape index (κ3) is 5.88. The Morgan fingerprint density at radius 2 is 1.53 bits per heavy atom. The minimum atomic E-state index is -3.59. The number of anilines is 3. The summed E-state index contributed by atoms with van der Waals surface area (Å²) in [5.74, 6) is -0.423. The third-order valence-corrected chi connectivity index (χ3v) is 6.70. The molecule has 0 aromatic heterocycles. The number of carbonyl (C=O) groups is 1. The normalized spacial score (nSPS) is 14.1. The van der Waals surface area contributed by atoms with Crippen LogP contribution in [0.2, 0.25) is 0 Å². The van der Waals surface area contributed by atoms with Crippen LogP contribution in [0.5, 0.6) is 0 Å². The van der Waals surface area contributed by atoms with Gasteiger partial charge in [0.2, 0.25) is 10.0 Å². The van der Waals surface area contributed by atoms with Crippen molar-refractivity contribution in [2.75, 3.05) is 28.0 Å². The Bertz CT molecular complexity index is 1160. The van der Waals surface area contributed by atoms with Crippen LogP contribution in [0.3, 0.4) is 0 Å². The van der Waals surface area contributed by atoms with Crippen molar-refractivity contribution < 1.29 is 13.2 Å². The maximum Gasteiger partial charge on any atom is 0.255 e. The Morgan fingerprint density at radius 3 is 2.25 bits per heavy atom. The minimum absolute atomic E-state index is 0.131. The molecule has 3 aromatic rings. The Morgan fingerprint density at radius 1 is 0.812 bits per heavy atom. The van der Waals surface area contributed by atoms with Crippen molar-refractivity contribution in [3.63, 3.8) is 0 Å². The summed E-state index contributed by atoms with van der Waals surface area (Å²) in [6.45, 7) is 2.14. The zero-order valence-corrected chi connectivity index (χ0v) is 18.6. The molecular weight excluding hydrogens is 422 g/mol. The van der Waals surface area contributed by atoms with Gasteiger partial charge in [0.1, 0.15) is 0 Å². The van der Waals surface area contributed by atoms with Gasteiger partial charge >= 0.3 is 0 Å². The maximum atomic E-state index is 12.7. The third-order valence-electron chi connectivity index (χ3n) is 5.44. The quantitative estimate of drug-likeness (QED) is 0.539. The molecule has 0 radical (unpaired) electrons. The summed E-state index contributed by atoms with van der Waals surface area (Å²) in [4.78, 5) is 15.1. The summed E-state index contributed by atoms with van der Waals surface area (Å²) in [5, 5.41) is 2.88. The van der Waals surface area contributed by atoms with Gasteiger partial charge in [0.15, 0.2) is 0 Å². The zero-order chi connectivity index (χ0) is 22.4. The molecule has 0 aliphatic carbocycles. The second kappa shape index (κ2) is 9.87. The van der Waals surface area contributed by atoms with E-state index >= 15 is 0 Å². The van der Waals surface area contributed by atoms with Crippen molar-refractivity contribution in [1.82, 2.24) is 0 Å². The van der Waals surface area contributed by atoms with Gasteiger partial charge in [-0.25, -0.2) is 8.42 Å². The summed E-state index contributed by atoms with van der Waals surface area (Å²) in [6.07, 6.45) is 3.71. The standard InChI is InChI=1S/C25H27N3O3S/c29-25(26-22-12-14-24(15-13-22)28-16-5-2-6-17-28)21-10-7-11-23(18-21)27-32(30,31)19-20-8-3-1-4-9-20/h1,3-4,7-15,18,27H,2,5-6,16-17,19H2,(H,26,29). The van der Waals surface area contributed by atoms with E-state index < -0.39 is 10.0 Å². The minimum Gasteiger partial charge on any atom is -0.372 e. The van der Waals surface area contributed by atoms with E-state index in [9.17, 15) is 13.2 Å². The highest BCUT2D eigenvalue weighted by Crippen LogP contribution is 2.22. The van der Waals surface area contributed by atoms with E-state index in [1.807, 2.05) is 30.3 Å². The lowest BCUT2D eigenvalue weighted by atomic mass is 10.1. The molecule has 4 rings (SSSR count). The fourth-order valence-electron chi connectivity index (χ4n) is 3.84. The molecule has 32 heavy (non-hydrogen) atoms. The number of carbonyl (C=O) groups excluding carboxylic acids is 1. The molecule has 1 amide bonds. The van der Waals surface area contributed by atoms with Gasteiger partial charge in [0, 0.05) is 35.7 Å². The second-order valence-corrected chi connectivity index (χ2v) is 9.70. The monoisotopic (exact) mass is 449 g/mol. The van der Waals surface area contributed by atoms with Crippen LogP contribution in [0.25, 0.3) is 0 Å². The summed E-state index contributed by atoms with van der Waals surface area (Å²) >= 11 is 0. The van der Waals surface area contributed by atoms with Crippen LogP contribution in [0.4, 0.5) is 17.1 Å². The summed E-state index contributed by atoms with van der Waals surface area (Å²) < 4.78 is 27.5. The highest BCUT2D eigenvalue weighted by molar-refractivity contribution is 7.91. The van der Waals surface area contributed by atoms with Crippen molar-refractivity contribution in [2.24, 2.45) is 0 Å². The number of rotatable bonds is 7. The molecule has 2 N–H and O–H groups in total. The second-order valence-electron chi connectivity index (χ2n) is 7.98. The number of amides is 1. The topological polar surface area (TPSA) is 78.5 Å². The first kappa shape index (κ1) is 21.9. The number of hydrogen-bond acceptors (Lipinski definition) is 4. The lowest BCUT2D eigenvalue weighted by molar-refractivity contribution is 0.102. The molecule has 166 valence electrons. The van der Waals surface area contributed by atoms with Crippen LogP contribution >= 0.6 is 0 Å². The van der Waals surface area contributed by atoms with Gasteiger partial charge in [0.05, 0.1) is 5.75 Å². The van der Waals surface area contributed by atoms with Crippen molar-refractivity contribution in [3.05, 3.63) is 90.0 Å². The average molecular weight is 450 g/mol. The van der Waals surface area contributed by atoms with E-state index in [2.05, 4.69) is 14.9 Å². The van der Waals surface area contributed by atoms with Gasteiger partial charge in [0.25, 0.3) is 5.91 Å². The molecule has 3 aromatic carbocycles. The highest BCUT2D eigenvalue weighted by Gasteiger charge is 2.14. The number of nitrogens with zero attached hydrogens (tertiary/aromatic N) is 1. The molecule has 7 heteroatoms. The fraction of sp³-hybridized carbons (Fsp3) is 0.240. The van der Waals surface area contributed by atoms with Crippen molar-refractivity contribution in [3.8, 4) is 0 Å². The number of hydrogen-bond donors (Lipinski definition) is 2. The van der Waals surface area contributed by atoms with Crippen LogP contribution in [0, 0.1) is 0 Å². The van der Waals surface area contributed by atoms with Gasteiger partial charge in [-0.15, -0.1) is 0 Å². The molecule has 6 nitrogen and oxygen atoms in total. The summed E-state index contributed by atoms with van der Waals surface area (Å²) in [6, 6.07) is 23.3. The van der Waals surface area contributed by atoms with Gasteiger partial charge in [-0.3, -0.25) is 9.52 Å². The smallest absolute Gasteiger partial charge is 0.255 e. The summed E-state index contributed by atoms with van der Waals surface area (Å²) in [7, 11) is -3.59. The van der Waals surface area contributed by atoms with Gasteiger partial charge < -0.3 is 10.2 Å². The molecule has 1 heterocycles. The van der Waals surface area contributed by atoms with E-state index in [1.165, 1.54) is 19.3 Å². The van der Waals surface area contributed by atoms with E-state index in [0.717, 1.165) is 18.8 Å².